The highest BCUT2D eigenvalue weighted by Gasteiger charge is 2.19. The summed E-state index contributed by atoms with van der Waals surface area (Å²) >= 11 is 4.84. The average Bonchev–Trinajstić information content (AvgIpc) is 2.28. The number of thiocarbonyl (C=S) groups is 1. The Labute approximate surface area is 101 Å². The van der Waals surface area contributed by atoms with Gasteiger partial charge in [-0.05, 0) is 6.42 Å². The molecule has 0 saturated carbocycles. The van der Waals surface area contributed by atoms with Crippen molar-refractivity contribution in [2.75, 3.05) is 26.3 Å². The van der Waals surface area contributed by atoms with E-state index in [-0.39, 0.29) is 12.1 Å². The molecule has 1 aliphatic rings. The summed E-state index contributed by atoms with van der Waals surface area (Å²) in [6.07, 6.45) is 1.38. The van der Waals surface area contributed by atoms with Crippen LogP contribution in [0.5, 0.6) is 0 Å². The second kappa shape index (κ2) is 6.65. The number of morpholine rings is 1. The van der Waals surface area contributed by atoms with Crippen LogP contribution in [0.25, 0.3) is 0 Å². The number of carbonyl (C=O) groups is 1. The van der Waals surface area contributed by atoms with Crippen molar-refractivity contribution >= 4 is 23.2 Å². The lowest BCUT2D eigenvalue weighted by molar-refractivity contribution is 0.0525. The lowest BCUT2D eigenvalue weighted by atomic mass is 10.1. The van der Waals surface area contributed by atoms with Gasteiger partial charge >= 0.3 is 6.03 Å². The molecule has 92 valence electrons. The van der Waals surface area contributed by atoms with Crippen LogP contribution in [0.4, 0.5) is 4.79 Å². The lowest BCUT2D eigenvalue weighted by Gasteiger charge is -2.29. The smallest absolute Gasteiger partial charge is 0.317 e. The number of ether oxygens (including phenoxy) is 1. The van der Waals surface area contributed by atoms with Crippen LogP contribution in [0.2, 0.25) is 0 Å². The number of hydrogen-bond acceptors (Lipinski definition) is 3. The number of nitrogens with zero attached hydrogens (tertiary/aromatic N) is 1. The second-order valence-electron chi connectivity index (χ2n) is 3.82. The molecule has 1 saturated heterocycles. The average molecular weight is 245 g/mol. The first-order valence-corrected chi connectivity index (χ1v) is 5.95. The lowest BCUT2D eigenvalue weighted by Crippen LogP contribution is -2.49. The van der Waals surface area contributed by atoms with E-state index in [2.05, 4.69) is 5.32 Å². The van der Waals surface area contributed by atoms with Gasteiger partial charge in [-0.2, -0.15) is 0 Å². The van der Waals surface area contributed by atoms with Crippen molar-refractivity contribution in [3.63, 3.8) is 0 Å². The van der Waals surface area contributed by atoms with Crippen LogP contribution < -0.4 is 11.1 Å². The standard InChI is InChI=1S/C10H19N3O2S/c1-2-8(7-9(11)16)12-10(14)13-3-5-15-6-4-13/h8H,2-7H2,1H3,(H2,11,16)(H,12,14). The van der Waals surface area contributed by atoms with Gasteiger partial charge in [-0.3, -0.25) is 0 Å². The van der Waals surface area contributed by atoms with E-state index in [0.717, 1.165) is 6.42 Å². The first-order valence-electron chi connectivity index (χ1n) is 5.55. The monoisotopic (exact) mass is 245 g/mol. The fourth-order valence-corrected chi connectivity index (χ4v) is 1.77. The van der Waals surface area contributed by atoms with Gasteiger partial charge in [0.15, 0.2) is 0 Å². The van der Waals surface area contributed by atoms with Crippen LogP contribution in [-0.4, -0.2) is 48.3 Å². The van der Waals surface area contributed by atoms with Gasteiger partial charge < -0.3 is 20.7 Å². The molecule has 0 spiro atoms. The Morgan fingerprint density at radius 3 is 2.69 bits per heavy atom. The first kappa shape index (κ1) is 13.2. The summed E-state index contributed by atoms with van der Waals surface area (Å²) in [4.78, 5) is 14.0. The Balaban J connectivity index is 2.38. The van der Waals surface area contributed by atoms with Crippen LogP contribution in [0, 0.1) is 0 Å². The molecular formula is C10H19N3O2S. The zero-order chi connectivity index (χ0) is 12.0. The molecule has 2 amide bonds. The summed E-state index contributed by atoms with van der Waals surface area (Å²) in [6, 6.07) is -0.0146. The minimum atomic E-state index is -0.0496. The van der Waals surface area contributed by atoms with Gasteiger partial charge in [0.1, 0.15) is 0 Å². The van der Waals surface area contributed by atoms with Gasteiger partial charge in [0, 0.05) is 25.6 Å². The molecule has 1 fully saturated rings. The maximum absolute atomic E-state index is 11.8. The van der Waals surface area contributed by atoms with Crippen LogP contribution in [0.15, 0.2) is 0 Å². The second-order valence-corrected chi connectivity index (χ2v) is 4.35. The van der Waals surface area contributed by atoms with Crippen molar-refractivity contribution < 1.29 is 9.53 Å². The van der Waals surface area contributed by atoms with Gasteiger partial charge in [0.25, 0.3) is 0 Å². The number of nitrogens with two attached hydrogens (primary N) is 1. The van der Waals surface area contributed by atoms with E-state index in [1.807, 2.05) is 6.92 Å². The summed E-state index contributed by atoms with van der Waals surface area (Å²) in [5.74, 6) is 0. The molecular weight excluding hydrogens is 226 g/mol. The molecule has 1 unspecified atom stereocenters. The molecule has 0 aromatic carbocycles. The van der Waals surface area contributed by atoms with E-state index in [9.17, 15) is 4.79 Å². The highest BCUT2D eigenvalue weighted by atomic mass is 32.1. The Hall–Kier alpha value is -0.880. The Bertz CT molecular complexity index is 254. The third kappa shape index (κ3) is 4.32. The van der Waals surface area contributed by atoms with Gasteiger partial charge in [0.2, 0.25) is 0 Å². The van der Waals surface area contributed by atoms with Crippen molar-refractivity contribution in [1.82, 2.24) is 10.2 Å². The SMILES string of the molecule is CCC(CC(N)=S)NC(=O)N1CCOCC1. The fraction of sp³-hybridized carbons (Fsp3) is 0.800. The Kier molecular flexibility index (Phi) is 5.48. The summed E-state index contributed by atoms with van der Waals surface area (Å²) in [5, 5.41) is 2.93. The highest BCUT2D eigenvalue weighted by molar-refractivity contribution is 7.80. The molecule has 1 rings (SSSR count). The van der Waals surface area contributed by atoms with E-state index < -0.39 is 0 Å². The number of urea groups is 1. The molecule has 0 bridgehead atoms. The van der Waals surface area contributed by atoms with Crippen LogP contribution >= 0.6 is 12.2 Å². The molecule has 3 N–H and O–H groups in total. The van der Waals surface area contributed by atoms with Gasteiger partial charge in [-0.25, -0.2) is 4.79 Å². The number of carbonyl (C=O) groups excluding carboxylic acids is 1. The molecule has 0 radical (unpaired) electrons. The van der Waals surface area contributed by atoms with E-state index in [0.29, 0.717) is 37.7 Å². The molecule has 16 heavy (non-hydrogen) atoms. The largest absolute Gasteiger partial charge is 0.393 e. The molecule has 1 heterocycles. The predicted molar refractivity (Wildman–Crippen MR) is 66.4 cm³/mol. The predicted octanol–water partition coefficient (Wildman–Crippen LogP) is 0.483. The minimum absolute atomic E-state index is 0.0350. The normalized spacial score (nSPS) is 17.9. The van der Waals surface area contributed by atoms with Crippen molar-refractivity contribution in [3.05, 3.63) is 0 Å². The molecule has 0 aromatic heterocycles. The fourth-order valence-electron chi connectivity index (χ4n) is 1.57. The number of amides is 2. The molecule has 6 heteroatoms. The van der Waals surface area contributed by atoms with E-state index in [1.54, 1.807) is 4.90 Å². The van der Waals surface area contributed by atoms with Crippen molar-refractivity contribution in [2.24, 2.45) is 5.73 Å². The number of nitrogens with one attached hydrogen (secondary N) is 1. The van der Waals surface area contributed by atoms with Crippen LogP contribution in [0.1, 0.15) is 19.8 Å². The molecule has 5 nitrogen and oxygen atoms in total. The van der Waals surface area contributed by atoms with Crippen molar-refractivity contribution in [2.45, 2.75) is 25.8 Å². The molecule has 1 atom stereocenters. The highest BCUT2D eigenvalue weighted by Crippen LogP contribution is 2.02. The Morgan fingerprint density at radius 2 is 2.19 bits per heavy atom. The van der Waals surface area contributed by atoms with Crippen LogP contribution in [-0.2, 0) is 4.74 Å². The summed E-state index contributed by atoms with van der Waals surface area (Å²) in [5.41, 5.74) is 5.47. The van der Waals surface area contributed by atoms with E-state index in [1.165, 1.54) is 0 Å². The summed E-state index contributed by atoms with van der Waals surface area (Å²) in [7, 11) is 0. The minimum Gasteiger partial charge on any atom is -0.393 e. The molecule has 0 aliphatic carbocycles. The maximum atomic E-state index is 11.8. The summed E-state index contributed by atoms with van der Waals surface area (Å²) < 4.78 is 5.18. The zero-order valence-corrected chi connectivity index (χ0v) is 10.4. The molecule has 0 aromatic rings. The molecule has 1 aliphatic heterocycles. The topological polar surface area (TPSA) is 67.6 Å². The third-order valence-electron chi connectivity index (χ3n) is 2.57. The van der Waals surface area contributed by atoms with Gasteiger partial charge in [0.05, 0.1) is 18.2 Å². The van der Waals surface area contributed by atoms with Crippen molar-refractivity contribution in [1.29, 1.82) is 0 Å². The Morgan fingerprint density at radius 1 is 1.56 bits per heavy atom. The number of hydrogen-bond donors (Lipinski definition) is 2. The number of rotatable bonds is 4. The first-order chi connectivity index (χ1) is 7.63. The van der Waals surface area contributed by atoms with Gasteiger partial charge in [-0.15, -0.1) is 0 Å². The van der Waals surface area contributed by atoms with E-state index in [4.69, 9.17) is 22.7 Å². The van der Waals surface area contributed by atoms with Crippen molar-refractivity contribution in [3.8, 4) is 0 Å². The summed E-state index contributed by atoms with van der Waals surface area (Å²) in [6.45, 7) is 4.52. The zero-order valence-electron chi connectivity index (χ0n) is 9.57. The third-order valence-corrected chi connectivity index (χ3v) is 2.73. The van der Waals surface area contributed by atoms with E-state index >= 15 is 0 Å². The van der Waals surface area contributed by atoms with Crippen LogP contribution in [0.3, 0.4) is 0 Å². The maximum Gasteiger partial charge on any atom is 0.317 e. The quantitative estimate of drug-likeness (QED) is 0.707. The van der Waals surface area contributed by atoms with Gasteiger partial charge in [-0.1, -0.05) is 19.1 Å².